The highest BCUT2D eigenvalue weighted by Crippen LogP contribution is 2.63. The molecule has 6 aliphatic carbocycles. The summed E-state index contributed by atoms with van der Waals surface area (Å²) in [5.41, 5.74) is 7.63. The molecule has 2 amide bonds. The van der Waals surface area contributed by atoms with Gasteiger partial charge in [-0.1, -0.05) is 38.1 Å². The first-order valence-electron chi connectivity index (χ1n) is 23.3. The van der Waals surface area contributed by atoms with Crippen molar-refractivity contribution in [3.8, 4) is 0 Å². The molecule has 6 aliphatic rings. The zero-order valence-electron chi connectivity index (χ0n) is 38.6. The van der Waals surface area contributed by atoms with E-state index in [-0.39, 0.29) is 40.8 Å². The third-order valence-corrected chi connectivity index (χ3v) is 17.1. The maximum atomic E-state index is 13.6. The lowest BCUT2D eigenvalue weighted by Gasteiger charge is -2.50. The Balaban J connectivity index is 0.000000189. The molecule has 2 aromatic carbocycles. The highest BCUT2D eigenvalue weighted by Gasteiger charge is 2.55. The number of allylic oxidation sites excluding steroid dienone is 2. The van der Waals surface area contributed by atoms with Crippen LogP contribution in [0.3, 0.4) is 0 Å². The second-order valence-corrected chi connectivity index (χ2v) is 22.8. The molecule has 346 valence electrons. The van der Waals surface area contributed by atoms with Crippen molar-refractivity contribution in [3.63, 3.8) is 0 Å². The fraction of sp³-hybridized carbons (Fsp3) is 0.633. The summed E-state index contributed by atoms with van der Waals surface area (Å²) in [7, 11) is -8.54. The lowest BCUT2D eigenvalue weighted by molar-refractivity contribution is -0.132. The van der Waals surface area contributed by atoms with Gasteiger partial charge < -0.3 is 9.80 Å². The van der Waals surface area contributed by atoms with Crippen LogP contribution in [-0.4, -0.2) is 72.2 Å². The number of anilines is 2. The molecule has 8 unspecified atom stereocenters. The van der Waals surface area contributed by atoms with Gasteiger partial charge >= 0.3 is 20.6 Å². The number of nitrogens with zero attached hydrogens (tertiary/aromatic N) is 2. The van der Waals surface area contributed by atoms with Crippen LogP contribution in [0.25, 0.3) is 0 Å². The smallest absolute Gasteiger partial charge is 0.337 e. The topological polar surface area (TPSA) is 173 Å². The Hall–Kier alpha value is -3.72. The normalized spacial score (nSPS) is 29.4. The predicted molar refractivity (Wildman–Crippen MR) is 249 cm³/mol. The summed E-state index contributed by atoms with van der Waals surface area (Å²) in [6, 6.07) is 11.8. The number of fused-ring (bicyclic) bond motifs is 10. The van der Waals surface area contributed by atoms with E-state index < -0.39 is 20.6 Å². The second-order valence-electron chi connectivity index (χ2n) is 20.5. The minimum atomic E-state index is -4.27. The SMILES string of the molecule is CC(C)N(C(=O)C1=CCC2C3CCc4cc(NS(=O)(=O)O)ccc4C3CCC12C)C(C)C.CCN(C(=O)C1=CCC2C3CCc4cc(NS(=O)(=O)O)ccc4C3CCC12C)C(C)C. The van der Waals surface area contributed by atoms with E-state index in [9.17, 15) is 26.4 Å². The minimum Gasteiger partial charge on any atom is -0.337 e. The van der Waals surface area contributed by atoms with E-state index in [2.05, 4.69) is 77.0 Å². The number of hydrogen-bond acceptors (Lipinski definition) is 6. The number of likely N-dealkylation sites (N-methyl/N-ethyl adjacent to an activating group) is 1. The average Bonchev–Trinajstić information content (AvgIpc) is 3.73. The van der Waals surface area contributed by atoms with Gasteiger partial charge in [0.05, 0.1) is 11.4 Å². The number of carbonyl (C=O) groups excluding carboxylic acids is 2. The first-order valence-corrected chi connectivity index (χ1v) is 26.2. The largest absolute Gasteiger partial charge is 0.357 e. The van der Waals surface area contributed by atoms with Crippen LogP contribution in [0.5, 0.6) is 0 Å². The van der Waals surface area contributed by atoms with Gasteiger partial charge in [0.1, 0.15) is 0 Å². The molecule has 14 heteroatoms. The molecule has 8 atom stereocenters. The van der Waals surface area contributed by atoms with Crippen LogP contribution < -0.4 is 9.44 Å². The number of nitrogens with one attached hydrogen (secondary N) is 2. The zero-order valence-corrected chi connectivity index (χ0v) is 40.3. The molecule has 0 saturated heterocycles. The third-order valence-electron chi connectivity index (χ3n) is 16.1. The first kappa shape index (κ1) is 47.2. The molecule has 0 radical (unpaired) electrons. The van der Waals surface area contributed by atoms with E-state index in [0.717, 1.165) is 93.0 Å². The quantitative estimate of drug-likeness (QED) is 0.171. The van der Waals surface area contributed by atoms with Crippen LogP contribution in [-0.2, 0) is 43.0 Å². The van der Waals surface area contributed by atoms with Gasteiger partial charge in [0.2, 0.25) is 11.8 Å². The van der Waals surface area contributed by atoms with Gasteiger partial charge in [-0.3, -0.25) is 28.1 Å². The number of hydrogen-bond donors (Lipinski definition) is 4. The second kappa shape index (κ2) is 17.6. The molecule has 0 aromatic heterocycles. The number of aryl methyl sites for hydroxylation is 2. The predicted octanol–water partition coefficient (Wildman–Crippen LogP) is 9.49. The summed E-state index contributed by atoms with van der Waals surface area (Å²) in [5, 5.41) is 0. The maximum Gasteiger partial charge on any atom is 0.357 e. The van der Waals surface area contributed by atoms with Gasteiger partial charge in [0.15, 0.2) is 0 Å². The van der Waals surface area contributed by atoms with Crippen LogP contribution in [0.2, 0.25) is 0 Å². The number of rotatable bonds is 10. The molecule has 2 fully saturated rings. The molecule has 8 rings (SSSR count). The van der Waals surface area contributed by atoms with Gasteiger partial charge in [-0.25, -0.2) is 0 Å². The van der Waals surface area contributed by atoms with Crippen molar-refractivity contribution in [2.75, 3.05) is 16.0 Å². The van der Waals surface area contributed by atoms with Gasteiger partial charge in [-0.2, -0.15) is 16.8 Å². The zero-order chi connectivity index (χ0) is 46.0. The van der Waals surface area contributed by atoms with E-state index in [1.807, 2.05) is 41.0 Å². The van der Waals surface area contributed by atoms with Gasteiger partial charge in [-0.15, -0.1) is 0 Å². The van der Waals surface area contributed by atoms with Gasteiger partial charge in [-0.05, 0) is 195 Å². The Morgan fingerprint density at radius 2 is 1.08 bits per heavy atom. The van der Waals surface area contributed by atoms with Crippen molar-refractivity contribution < 1.29 is 35.5 Å². The van der Waals surface area contributed by atoms with Crippen molar-refractivity contribution >= 4 is 43.8 Å². The first-order chi connectivity index (χ1) is 29.5. The Bertz CT molecular complexity index is 2390. The molecule has 4 N–H and O–H groups in total. The highest BCUT2D eigenvalue weighted by atomic mass is 32.2. The fourth-order valence-corrected chi connectivity index (χ4v) is 14.3. The van der Waals surface area contributed by atoms with Crippen molar-refractivity contribution in [1.82, 2.24) is 9.80 Å². The summed E-state index contributed by atoms with van der Waals surface area (Å²) in [6.45, 7) is 19.9. The molecule has 12 nitrogen and oxygen atoms in total. The van der Waals surface area contributed by atoms with E-state index in [1.54, 1.807) is 12.1 Å². The monoisotopic (exact) mass is 906 g/mol. The van der Waals surface area contributed by atoms with Crippen molar-refractivity contribution in [3.05, 3.63) is 82.0 Å². The number of amides is 2. The maximum absolute atomic E-state index is 13.6. The molecule has 0 aliphatic heterocycles. The van der Waals surface area contributed by atoms with Crippen LogP contribution in [0.15, 0.2) is 59.7 Å². The summed E-state index contributed by atoms with van der Waals surface area (Å²) < 4.78 is 67.2. The molecule has 2 saturated carbocycles. The van der Waals surface area contributed by atoms with Gasteiger partial charge in [0.25, 0.3) is 0 Å². The Kier molecular flexibility index (Phi) is 13.2. The van der Waals surface area contributed by atoms with Crippen LogP contribution in [0.4, 0.5) is 11.4 Å². The highest BCUT2D eigenvalue weighted by molar-refractivity contribution is 7.87. The lowest BCUT2D eigenvalue weighted by atomic mass is 9.54. The van der Waals surface area contributed by atoms with E-state index in [4.69, 9.17) is 9.11 Å². The number of benzene rings is 2. The Labute approximate surface area is 376 Å². The molecule has 0 bridgehead atoms. The van der Waals surface area contributed by atoms with E-state index in [1.165, 1.54) is 11.1 Å². The van der Waals surface area contributed by atoms with Crippen LogP contribution >= 0.6 is 0 Å². The summed E-state index contributed by atoms with van der Waals surface area (Å²) in [4.78, 5) is 30.9. The molecule has 2 aromatic rings. The van der Waals surface area contributed by atoms with Crippen molar-refractivity contribution in [2.45, 2.75) is 156 Å². The Morgan fingerprint density at radius 1 is 0.667 bits per heavy atom. The summed E-state index contributed by atoms with van der Waals surface area (Å²) in [5.74, 6) is 3.28. The molecule has 0 heterocycles. The molecule has 0 spiro atoms. The van der Waals surface area contributed by atoms with E-state index in [0.29, 0.717) is 46.9 Å². The average molecular weight is 907 g/mol. The number of carbonyl (C=O) groups is 2. The standard InChI is InChI=1S/C25H36N2O4S.C24H34N2O4S/c1-15(2)27(16(3)4)24(28)23-11-10-22-21-8-6-17-14-18(26-32(29,30)31)7-9-19(17)20(21)12-13-25(22,23)5;1-5-26(15(2)3)23(27)22-11-10-21-20-8-6-16-14-17(25-31(28,29)30)7-9-18(16)19(20)12-13-24(21,22)4/h7,9,11,14-16,20-22,26H,6,8,10,12-13H2,1-5H3,(H,29,30,31);7,9,11,14-15,19-21,25H,5-6,8,10,12-13H2,1-4H3,(H,28,29,30). The van der Waals surface area contributed by atoms with Crippen molar-refractivity contribution in [2.24, 2.45) is 34.5 Å². The van der Waals surface area contributed by atoms with E-state index >= 15 is 0 Å². The van der Waals surface area contributed by atoms with Crippen molar-refractivity contribution in [1.29, 1.82) is 0 Å². The fourth-order valence-electron chi connectivity index (χ4n) is 13.5. The van der Waals surface area contributed by atoms with Gasteiger partial charge in [0, 0.05) is 46.6 Å². The van der Waals surface area contributed by atoms with Crippen LogP contribution in [0, 0.1) is 34.5 Å². The third kappa shape index (κ3) is 9.12. The summed E-state index contributed by atoms with van der Waals surface area (Å²) >= 11 is 0. The summed E-state index contributed by atoms with van der Waals surface area (Å²) in [6.07, 6.45) is 14.3. The lowest BCUT2D eigenvalue weighted by Crippen LogP contribution is -2.48. The van der Waals surface area contributed by atoms with Crippen LogP contribution in [0.1, 0.15) is 148 Å². The molecular formula is C49H70N4O8S2. The minimum absolute atomic E-state index is 0.0650. The molecular weight excluding hydrogens is 837 g/mol. The molecule has 63 heavy (non-hydrogen) atoms. The Morgan fingerprint density at radius 3 is 1.44 bits per heavy atom.